The second-order valence-electron chi connectivity index (χ2n) is 3.46. The maximum Gasteiger partial charge on any atom is 0.234 e. The van der Waals surface area contributed by atoms with Crippen LogP contribution in [0.1, 0.15) is 12.8 Å². The van der Waals surface area contributed by atoms with E-state index in [0.717, 1.165) is 30.9 Å². The highest BCUT2D eigenvalue weighted by Crippen LogP contribution is 2.14. The summed E-state index contributed by atoms with van der Waals surface area (Å²) < 4.78 is 29.3. The van der Waals surface area contributed by atoms with Gasteiger partial charge in [-0.3, -0.25) is 4.72 Å². The van der Waals surface area contributed by atoms with Gasteiger partial charge in [-0.2, -0.15) is 0 Å². The maximum atomic E-state index is 11.7. The minimum Gasteiger partial charge on any atom is -0.313 e. The van der Waals surface area contributed by atoms with Crippen LogP contribution in [0.4, 0.5) is 5.00 Å². The zero-order valence-electron chi connectivity index (χ0n) is 8.01. The molecule has 8 heteroatoms. The molecule has 6 nitrogen and oxygen atoms in total. The third-order valence-electron chi connectivity index (χ3n) is 2.20. The van der Waals surface area contributed by atoms with Crippen molar-refractivity contribution in [3.8, 4) is 0 Å². The van der Waals surface area contributed by atoms with Crippen LogP contribution in [-0.2, 0) is 10.0 Å². The van der Waals surface area contributed by atoms with Crippen molar-refractivity contribution in [2.24, 2.45) is 0 Å². The first-order chi connectivity index (χ1) is 7.16. The molecule has 84 valence electrons. The lowest BCUT2D eigenvalue weighted by atomic mass is 10.3. The lowest BCUT2D eigenvalue weighted by Gasteiger charge is -2.10. The lowest BCUT2D eigenvalue weighted by Crippen LogP contribution is -2.32. The van der Waals surface area contributed by atoms with Gasteiger partial charge in [0.2, 0.25) is 10.0 Å². The SMILES string of the molecule is O=S(=O)(CC1CCCN1)Nc1cnns1. The van der Waals surface area contributed by atoms with E-state index in [0.29, 0.717) is 5.00 Å². The molecule has 1 aliphatic rings. The van der Waals surface area contributed by atoms with E-state index in [4.69, 9.17) is 0 Å². The van der Waals surface area contributed by atoms with Crippen molar-refractivity contribution >= 4 is 26.6 Å². The monoisotopic (exact) mass is 248 g/mol. The van der Waals surface area contributed by atoms with Gasteiger partial charge < -0.3 is 5.32 Å². The number of hydrogen-bond donors (Lipinski definition) is 2. The maximum absolute atomic E-state index is 11.7. The summed E-state index contributed by atoms with van der Waals surface area (Å²) in [5, 5.41) is 7.18. The molecule has 2 N–H and O–H groups in total. The van der Waals surface area contributed by atoms with Crippen molar-refractivity contribution in [2.45, 2.75) is 18.9 Å². The van der Waals surface area contributed by atoms with Crippen molar-refractivity contribution in [1.82, 2.24) is 14.9 Å². The molecular formula is C7H12N4O2S2. The van der Waals surface area contributed by atoms with E-state index in [-0.39, 0.29) is 11.8 Å². The predicted molar refractivity (Wildman–Crippen MR) is 58.3 cm³/mol. The Bertz CT molecular complexity index is 397. The van der Waals surface area contributed by atoms with Gasteiger partial charge in [0.25, 0.3) is 0 Å². The van der Waals surface area contributed by atoms with Crippen LogP contribution in [0.2, 0.25) is 0 Å². The fourth-order valence-corrected chi connectivity index (χ4v) is 3.63. The number of sulfonamides is 1. The minimum absolute atomic E-state index is 0.0726. The van der Waals surface area contributed by atoms with Crippen molar-refractivity contribution in [3.63, 3.8) is 0 Å². The molecule has 0 aliphatic carbocycles. The van der Waals surface area contributed by atoms with Gasteiger partial charge in [0, 0.05) is 17.6 Å². The number of nitrogens with one attached hydrogen (secondary N) is 2. The van der Waals surface area contributed by atoms with Crippen LogP contribution in [0.5, 0.6) is 0 Å². The van der Waals surface area contributed by atoms with Gasteiger partial charge in [-0.05, 0) is 19.4 Å². The summed E-state index contributed by atoms with van der Waals surface area (Å²) in [6.45, 7) is 0.905. The van der Waals surface area contributed by atoms with Crippen molar-refractivity contribution in [3.05, 3.63) is 6.20 Å². The first-order valence-corrected chi connectivity index (χ1v) is 7.09. The smallest absolute Gasteiger partial charge is 0.234 e. The van der Waals surface area contributed by atoms with Gasteiger partial charge in [0.1, 0.15) is 5.00 Å². The van der Waals surface area contributed by atoms with Crippen LogP contribution < -0.4 is 10.0 Å². The largest absolute Gasteiger partial charge is 0.313 e. The van der Waals surface area contributed by atoms with E-state index < -0.39 is 10.0 Å². The number of nitrogens with zero attached hydrogens (tertiary/aromatic N) is 2. The molecular weight excluding hydrogens is 236 g/mol. The number of aromatic nitrogens is 2. The Labute approximate surface area is 92.3 Å². The molecule has 0 bridgehead atoms. The number of hydrogen-bond acceptors (Lipinski definition) is 6. The summed E-state index contributed by atoms with van der Waals surface area (Å²) in [5.74, 6) is 0.116. The Morgan fingerprint density at radius 3 is 3.13 bits per heavy atom. The second-order valence-corrected chi connectivity index (χ2v) is 6.01. The Morgan fingerprint density at radius 2 is 2.53 bits per heavy atom. The predicted octanol–water partition coefficient (Wildman–Crippen LogP) is 0.0318. The molecule has 1 unspecified atom stereocenters. The van der Waals surface area contributed by atoms with E-state index in [9.17, 15) is 8.42 Å². The highest BCUT2D eigenvalue weighted by molar-refractivity contribution is 7.92. The van der Waals surface area contributed by atoms with Gasteiger partial charge in [-0.15, -0.1) is 5.10 Å². The molecule has 0 spiro atoms. The standard InChI is InChI=1S/C7H12N4O2S2/c12-15(13,5-6-2-1-3-8-6)10-7-4-9-11-14-7/h4,6,8,10H,1-3,5H2. The molecule has 1 atom stereocenters. The van der Waals surface area contributed by atoms with Crippen LogP contribution in [0.15, 0.2) is 6.20 Å². The molecule has 1 saturated heterocycles. The molecule has 2 rings (SSSR count). The molecule has 1 aliphatic heterocycles. The Morgan fingerprint density at radius 1 is 1.67 bits per heavy atom. The number of rotatable bonds is 4. The fourth-order valence-electron chi connectivity index (χ4n) is 1.57. The second kappa shape index (κ2) is 4.42. The first kappa shape index (κ1) is 10.8. The summed E-state index contributed by atoms with van der Waals surface area (Å²) in [4.78, 5) is 0. The van der Waals surface area contributed by atoms with E-state index in [1.807, 2.05) is 0 Å². The van der Waals surface area contributed by atoms with Crippen LogP contribution in [0.3, 0.4) is 0 Å². The average Bonchev–Trinajstić information content (AvgIpc) is 2.75. The lowest BCUT2D eigenvalue weighted by molar-refractivity contribution is 0.582. The molecule has 0 saturated carbocycles. The van der Waals surface area contributed by atoms with Crippen molar-refractivity contribution < 1.29 is 8.42 Å². The Balaban J connectivity index is 1.94. The highest BCUT2D eigenvalue weighted by Gasteiger charge is 2.22. The van der Waals surface area contributed by atoms with Crippen LogP contribution in [-0.4, -0.2) is 36.3 Å². The molecule has 0 aromatic carbocycles. The number of anilines is 1. The van der Waals surface area contributed by atoms with Gasteiger partial charge in [0.05, 0.1) is 11.9 Å². The molecule has 0 amide bonds. The third-order valence-corrected chi connectivity index (χ3v) is 4.28. The molecule has 2 heterocycles. The Hall–Kier alpha value is -0.730. The normalized spacial score (nSPS) is 21.7. The van der Waals surface area contributed by atoms with E-state index in [1.54, 1.807) is 0 Å². The zero-order valence-corrected chi connectivity index (χ0v) is 9.64. The van der Waals surface area contributed by atoms with Crippen molar-refractivity contribution in [1.29, 1.82) is 0 Å². The zero-order chi connectivity index (χ0) is 10.7. The van der Waals surface area contributed by atoms with Crippen LogP contribution in [0.25, 0.3) is 0 Å². The molecule has 15 heavy (non-hydrogen) atoms. The summed E-state index contributed by atoms with van der Waals surface area (Å²) >= 11 is 1.04. The van der Waals surface area contributed by atoms with Gasteiger partial charge in [0.15, 0.2) is 0 Å². The van der Waals surface area contributed by atoms with E-state index in [2.05, 4.69) is 19.6 Å². The Kier molecular flexibility index (Phi) is 3.17. The first-order valence-electron chi connectivity index (χ1n) is 4.67. The van der Waals surface area contributed by atoms with Crippen LogP contribution >= 0.6 is 11.5 Å². The van der Waals surface area contributed by atoms with E-state index >= 15 is 0 Å². The molecule has 1 aromatic rings. The quantitative estimate of drug-likeness (QED) is 0.785. The van der Waals surface area contributed by atoms with Crippen LogP contribution in [0, 0.1) is 0 Å². The average molecular weight is 248 g/mol. The summed E-state index contributed by atoms with van der Waals surface area (Å²) in [6.07, 6.45) is 3.37. The summed E-state index contributed by atoms with van der Waals surface area (Å²) in [7, 11) is -3.27. The van der Waals surface area contributed by atoms with Gasteiger partial charge in [-0.25, -0.2) is 8.42 Å². The summed E-state index contributed by atoms with van der Waals surface area (Å²) in [6, 6.07) is 0.0726. The molecule has 0 radical (unpaired) electrons. The fraction of sp³-hybridized carbons (Fsp3) is 0.714. The highest BCUT2D eigenvalue weighted by atomic mass is 32.2. The third kappa shape index (κ3) is 3.11. The molecule has 1 aromatic heterocycles. The van der Waals surface area contributed by atoms with Crippen molar-refractivity contribution in [2.75, 3.05) is 17.0 Å². The topological polar surface area (TPSA) is 84.0 Å². The summed E-state index contributed by atoms with van der Waals surface area (Å²) in [5.41, 5.74) is 0. The molecule has 1 fully saturated rings. The minimum atomic E-state index is -3.27. The van der Waals surface area contributed by atoms with E-state index in [1.165, 1.54) is 6.20 Å². The van der Waals surface area contributed by atoms with Gasteiger partial charge in [-0.1, -0.05) is 4.49 Å². The van der Waals surface area contributed by atoms with Gasteiger partial charge >= 0.3 is 0 Å².